The molecule has 0 fully saturated rings. The van der Waals surface area contributed by atoms with Crippen LogP contribution in [-0.2, 0) is 21.2 Å². The number of nitrogens with one attached hydrogen (secondary N) is 2. The average Bonchev–Trinajstić information content (AvgIpc) is 3.23. The number of rotatable bonds is 5. The summed E-state index contributed by atoms with van der Waals surface area (Å²) in [5, 5.41) is 10.9. The van der Waals surface area contributed by atoms with Gasteiger partial charge in [-0.15, -0.1) is 0 Å². The molecule has 10 heteroatoms. The average molecular weight is 498 g/mol. The first-order chi connectivity index (χ1) is 16.4. The van der Waals surface area contributed by atoms with E-state index in [0.29, 0.717) is 28.6 Å². The van der Waals surface area contributed by atoms with Crippen molar-refractivity contribution < 1.29 is 23.2 Å². The standard InChI is InChI=1S/C24H20ClN3O5S/c25-15-5-7-16(8-6-15)33-17-9-11-18(12-10-17)34(31,32)28-14-13-20-19-3-1-2-4-21(19)26-22(20)23(28)24(29)27-30/h1-12,23,26,30H,13-14H2,(H,27,29). The fourth-order valence-electron chi connectivity index (χ4n) is 4.25. The van der Waals surface area contributed by atoms with E-state index in [0.717, 1.165) is 20.8 Å². The first kappa shape index (κ1) is 22.4. The fourth-order valence-corrected chi connectivity index (χ4v) is 5.94. The van der Waals surface area contributed by atoms with Crippen molar-refractivity contribution in [2.24, 2.45) is 0 Å². The highest BCUT2D eigenvalue weighted by Gasteiger charge is 2.42. The van der Waals surface area contributed by atoms with Crippen molar-refractivity contribution in [3.63, 3.8) is 0 Å². The quantitative estimate of drug-likeness (QED) is 0.279. The van der Waals surface area contributed by atoms with Crippen LogP contribution in [0.25, 0.3) is 10.9 Å². The number of carbonyl (C=O) groups is 1. The van der Waals surface area contributed by atoms with Gasteiger partial charge in [0.25, 0.3) is 5.91 Å². The molecule has 0 saturated carbocycles. The van der Waals surface area contributed by atoms with E-state index in [9.17, 15) is 18.4 Å². The zero-order valence-electron chi connectivity index (χ0n) is 17.7. The molecule has 3 aromatic carbocycles. The maximum absolute atomic E-state index is 13.5. The Balaban J connectivity index is 1.47. The summed E-state index contributed by atoms with van der Waals surface area (Å²) in [6, 6.07) is 19.0. The van der Waals surface area contributed by atoms with Crippen molar-refractivity contribution in [2.75, 3.05) is 6.54 Å². The van der Waals surface area contributed by atoms with Gasteiger partial charge in [0.05, 0.1) is 4.90 Å². The number of aromatic amines is 1. The topological polar surface area (TPSA) is 112 Å². The normalized spacial score (nSPS) is 16.2. The van der Waals surface area contributed by atoms with E-state index in [2.05, 4.69) is 4.98 Å². The van der Waals surface area contributed by atoms with Crippen LogP contribution >= 0.6 is 11.6 Å². The van der Waals surface area contributed by atoms with Gasteiger partial charge < -0.3 is 9.72 Å². The fraction of sp³-hybridized carbons (Fsp3) is 0.125. The summed E-state index contributed by atoms with van der Waals surface area (Å²) in [6.07, 6.45) is 0.422. The largest absolute Gasteiger partial charge is 0.457 e. The number of aromatic nitrogens is 1. The summed E-state index contributed by atoms with van der Waals surface area (Å²) >= 11 is 5.89. The van der Waals surface area contributed by atoms with Gasteiger partial charge in [-0.2, -0.15) is 4.31 Å². The van der Waals surface area contributed by atoms with E-state index in [1.807, 2.05) is 24.3 Å². The van der Waals surface area contributed by atoms with Crippen LogP contribution < -0.4 is 10.2 Å². The maximum atomic E-state index is 13.5. The highest BCUT2D eigenvalue weighted by Crippen LogP contribution is 2.38. The van der Waals surface area contributed by atoms with Crippen LogP contribution in [0.15, 0.2) is 77.7 Å². The van der Waals surface area contributed by atoms with E-state index in [1.165, 1.54) is 12.1 Å². The lowest BCUT2D eigenvalue weighted by atomic mass is 9.99. The van der Waals surface area contributed by atoms with Crippen molar-refractivity contribution >= 4 is 38.4 Å². The Labute approximate surface area is 200 Å². The van der Waals surface area contributed by atoms with Crippen molar-refractivity contribution in [3.8, 4) is 11.5 Å². The lowest BCUT2D eigenvalue weighted by Gasteiger charge is -2.33. The number of carbonyl (C=O) groups excluding carboxylic acids is 1. The molecule has 1 atom stereocenters. The van der Waals surface area contributed by atoms with Crippen LogP contribution in [0.4, 0.5) is 0 Å². The van der Waals surface area contributed by atoms with E-state index in [-0.39, 0.29) is 11.4 Å². The third-order valence-corrected chi connectivity index (χ3v) is 7.96. The highest BCUT2D eigenvalue weighted by atomic mass is 35.5. The van der Waals surface area contributed by atoms with Gasteiger partial charge in [0.2, 0.25) is 10.0 Å². The maximum Gasteiger partial charge on any atom is 0.267 e. The van der Waals surface area contributed by atoms with Gasteiger partial charge in [-0.1, -0.05) is 29.8 Å². The Morgan fingerprint density at radius 1 is 1.03 bits per heavy atom. The molecule has 0 spiro atoms. The number of benzene rings is 3. The number of fused-ring (bicyclic) bond motifs is 3. The molecule has 0 radical (unpaired) electrons. The number of para-hydroxylation sites is 1. The summed E-state index contributed by atoms with van der Waals surface area (Å²) in [4.78, 5) is 15.8. The number of halogens is 1. The van der Waals surface area contributed by atoms with Crippen molar-refractivity contribution in [3.05, 3.63) is 89.1 Å². The molecule has 1 aliphatic rings. The summed E-state index contributed by atoms with van der Waals surface area (Å²) in [7, 11) is -4.07. The number of sulfonamides is 1. The molecular formula is C24H20ClN3O5S. The number of ether oxygens (including phenoxy) is 1. The van der Waals surface area contributed by atoms with Crippen molar-refractivity contribution in [2.45, 2.75) is 17.4 Å². The zero-order chi connectivity index (χ0) is 23.9. The molecule has 2 heterocycles. The van der Waals surface area contributed by atoms with Gasteiger partial charge in [0.15, 0.2) is 0 Å². The Morgan fingerprint density at radius 2 is 1.68 bits per heavy atom. The number of nitrogens with zero attached hydrogens (tertiary/aromatic N) is 1. The molecule has 34 heavy (non-hydrogen) atoms. The second kappa shape index (κ2) is 8.77. The zero-order valence-corrected chi connectivity index (χ0v) is 19.3. The van der Waals surface area contributed by atoms with Gasteiger partial charge >= 0.3 is 0 Å². The summed E-state index contributed by atoms with van der Waals surface area (Å²) in [6.45, 7) is 0.0816. The second-order valence-electron chi connectivity index (χ2n) is 7.83. The predicted octanol–water partition coefficient (Wildman–Crippen LogP) is 4.41. The van der Waals surface area contributed by atoms with Gasteiger partial charge in [-0.25, -0.2) is 13.9 Å². The summed E-state index contributed by atoms with van der Waals surface area (Å²) < 4.78 is 33.9. The molecule has 0 aliphatic carbocycles. The third-order valence-electron chi connectivity index (χ3n) is 5.83. The predicted molar refractivity (Wildman–Crippen MR) is 127 cm³/mol. The lowest BCUT2D eigenvalue weighted by molar-refractivity contribution is -0.133. The summed E-state index contributed by atoms with van der Waals surface area (Å²) in [5.74, 6) is 0.170. The first-order valence-electron chi connectivity index (χ1n) is 10.5. The molecule has 0 bridgehead atoms. The van der Waals surface area contributed by atoms with Crippen LogP contribution in [0, 0.1) is 0 Å². The van der Waals surface area contributed by atoms with Crippen LogP contribution in [0.5, 0.6) is 11.5 Å². The minimum atomic E-state index is -4.07. The lowest BCUT2D eigenvalue weighted by Crippen LogP contribution is -2.46. The molecule has 4 aromatic rings. The van der Waals surface area contributed by atoms with Crippen LogP contribution in [-0.4, -0.2) is 35.4 Å². The number of amides is 1. The van der Waals surface area contributed by atoms with Crippen LogP contribution in [0.3, 0.4) is 0 Å². The molecule has 174 valence electrons. The van der Waals surface area contributed by atoms with E-state index in [4.69, 9.17) is 16.3 Å². The number of hydrogen-bond donors (Lipinski definition) is 3. The molecule has 0 saturated heterocycles. The number of H-pyrrole nitrogens is 1. The van der Waals surface area contributed by atoms with Crippen molar-refractivity contribution in [1.29, 1.82) is 0 Å². The minimum absolute atomic E-state index is 0.00579. The van der Waals surface area contributed by atoms with Gasteiger partial charge in [0.1, 0.15) is 17.5 Å². The molecule has 8 nitrogen and oxygen atoms in total. The minimum Gasteiger partial charge on any atom is -0.457 e. The van der Waals surface area contributed by atoms with Gasteiger partial charge in [-0.05, 0) is 66.6 Å². The first-order valence-corrected chi connectivity index (χ1v) is 12.3. The van der Waals surface area contributed by atoms with E-state index < -0.39 is 22.0 Å². The Kier molecular flexibility index (Phi) is 5.78. The molecule has 1 amide bonds. The monoisotopic (exact) mass is 497 g/mol. The Bertz CT molecular complexity index is 1470. The van der Waals surface area contributed by atoms with Crippen LogP contribution in [0.1, 0.15) is 17.3 Å². The summed E-state index contributed by atoms with van der Waals surface area (Å²) in [5.41, 5.74) is 3.73. The Hall–Kier alpha value is -3.37. The SMILES string of the molecule is O=C(NO)C1c2[nH]c3ccccc3c2CCN1S(=O)(=O)c1ccc(Oc2ccc(Cl)cc2)cc1. The molecule has 1 aliphatic heterocycles. The number of hydroxylamine groups is 1. The third kappa shape index (κ3) is 3.92. The Morgan fingerprint density at radius 3 is 2.35 bits per heavy atom. The molecular weight excluding hydrogens is 478 g/mol. The second-order valence-corrected chi connectivity index (χ2v) is 10.2. The smallest absolute Gasteiger partial charge is 0.267 e. The number of hydrogen-bond acceptors (Lipinski definition) is 5. The molecule has 1 unspecified atom stereocenters. The van der Waals surface area contributed by atoms with Gasteiger partial charge in [0, 0.05) is 28.2 Å². The van der Waals surface area contributed by atoms with Crippen LogP contribution in [0.2, 0.25) is 5.02 Å². The molecule has 5 rings (SSSR count). The molecule has 1 aromatic heterocycles. The van der Waals surface area contributed by atoms with E-state index >= 15 is 0 Å². The van der Waals surface area contributed by atoms with E-state index in [1.54, 1.807) is 41.9 Å². The molecule has 3 N–H and O–H groups in total. The van der Waals surface area contributed by atoms with Crippen molar-refractivity contribution in [1.82, 2.24) is 14.8 Å². The highest BCUT2D eigenvalue weighted by molar-refractivity contribution is 7.89. The van der Waals surface area contributed by atoms with Gasteiger partial charge in [-0.3, -0.25) is 10.0 Å².